The number of carbonyl (C=O) groups excluding carboxylic acids is 2. The van der Waals surface area contributed by atoms with Crippen molar-refractivity contribution in [3.63, 3.8) is 0 Å². The lowest BCUT2D eigenvalue weighted by atomic mass is 10.2. The Morgan fingerprint density at radius 3 is 1.43 bits per heavy atom. The fourth-order valence-corrected chi connectivity index (χ4v) is 2.33. The molecule has 8 heteroatoms. The van der Waals surface area contributed by atoms with E-state index in [9.17, 15) is 9.59 Å². The summed E-state index contributed by atoms with van der Waals surface area (Å²) >= 11 is 0. The minimum Gasteiger partial charge on any atom is -0.273 e. The van der Waals surface area contributed by atoms with Crippen LogP contribution in [-0.2, 0) is 9.59 Å². The summed E-state index contributed by atoms with van der Waals surface area (Å²) in [6, 6.07) is 17.7. The Bertz CT molecular complexity index is 912. The van der Waals surface area contributed by atoms with Gasteiger partial charge in [-0.25, -0.2) is 10.9 Å². The number of nitriles is 2. The second kappa shape index (κ2) is 12.2. The molecule has 0 fully saturated rings. The van der Waals surface area contributed by atoms with Crippen molar-refractivity contribution in [2.24, 2.45) is 10.2 Å². The van der Waals surface area contributed by atoms with E-state index in [1.165, 1.54) is 12.4 Å². The molecule has 0 bridgehead atoms. The predicted octanol–water partition coefficient (Wildman–Crippen LogP) is 2.59. The number of benzene rings is 2. The Morgan fingerprint density at radius 1 is 0.733 bits per heavy atom. The van der Waals surface area contributed by atoms with Crippen LogP contribution < -0.4 is 10.9 Å². The van der Waals surface area contributed by atoms with Crippen LogP contribution >= 0.6 is 0 Å². The van der Waals surface area contributed by atoms with Gasteiger partial charge in [0.1, 0.15) is 0 Å². The number of hydrogen-bond acceptors (Lipinski definition) is 6. The number of nitrogens with one attached hydrogen (secondary N) is 2. The molecule has 2 N–H and O–H groups in total. The average Bonchev–Trinajstić information content (AvgIpc) is 2.77. The third-order valence-corrected chi connectivity index (χ3v) is 3.94. The van der Waals surface area contributed by atoms with Crippen molar-refractivity contribution in [2.75, 3.05) is 0 Å². The van der Waals surface area contributed by atoms with E-state index in [1.807, 2.05) is 12.1 Å². The van der Waals surface area contributed by atoms with E-state index < -0.39 is 0 Å². The van der Waals surface area contributed by atoms with Crippen LogP contribution in [0.2, 0.25) is 0 Å². The zero-order valence-corrected chi connectivity index (χ0v) is 16.2. The third-order valence-electron chi connectivity index (χ3n) is 3.94. The predicted molar refractivity (Wildman–Crippen MR) is 112 cm³/mol. The SMILES string of the molecule is N#Cc1ccc(C=NNC(=O)CCCCC(=O)NN=Cc2ccc(C#N)cc2)cc1. The molecule has 2 rings (SSSR count). The Labute approximate surface area is 174 Å². The second-order valence-corrected chi connectivity index (χ2v) is 6.26. The molecule has 0 aliphatic heterocycles. The van der Waals surface area contributed by atoms with Gasteiger partial charge in [-0.1, -0.05) is 24.3 Å². The molecule has 0 aliphatic carbocycles. The highest BCUT2D eigenvalue weighted by atomic mass is 16.2. The molecule has 8 nitrogen and oxygen atoms in total. The molecule has 0 spiro atoms. The normalized spacial score (nSPS) is 10.5. The first-order valence-corrected chi connectivity index (χ1v) is 9.25. The topological polar surface area (TPSA) is 130 Å². The highest BCUT2D eigenvalue weighted by molar-refractivity contribution is 5.83. The van der Waals surface area contributed by atoms with Gasteiger partial charge in [0.2, 0.25) is 11.8 Å². The minimum absolute atomic E-state index is 0.237. The fourth-order valence-electron chi connectivity index (χ4n) is 2.33. The zero-order chi connectivity index (χ0) is 21.6. The van der Waals surface area contributed by atoms with Crippen LogP contribution in [0.3, 0.4) is 0 Å². The Hall–Kier alpha value is -4.30. The summed E-state index contributed by atoms with van der Waals surface area (Å²) in [5, 5.41) is 25.2. The van der Waals surface area contributed by atoms with Crippen LogP contribution in [-0.4, -0.2) is 24.2 Å². The molecule has 2 aromatic carbocycles. The number of nitrogens with zero attached hydrogens (tertiary/aromatic N) is 4. The van der Waals surface area contributed by atoms with E-state index in [1.54, 1.807) is 48.5 Å². The highest BCUT2D eigenvalue weighted by Gasteiger charge is 2.03. The van der Waals surface area contributed by atoms with E-state index >= 15 is 0 Å². The quantitative estimate of drug-likeness (QED) is 0.380. The lowest BCUT2D eigenvalue weighted by Crippen LogP contribution is -2.19. The highest BCUT2D eigenvalue weighted by Crippen LogP contribution is 2.02. The van der Waals surface area contributed by atoms with Crippen LogP contribution in [0.15, 0.2) is 58.7 Å². The monoisotopic (exact) mass is 400 g/mol. The van der Waals surface area contributed by atoms with Crippen LogP contribution in [0.4, 0.5) is 0 Å². The lowest BCUT2D eigenvalue weighted by Gasteiger charge is -2.01. The number of hydrogen-bond donors (Lipinski definition) is 2. The molecule has 0 atom stereocenters. The zero-order valence-electron chi connectivity index (χ0n) is 16.2. The molecular weight excluding hydrogens is 380 g/mol. The minimum atomic E-state index is -0.237. The van der Waals surface area contributed by atoms with Gasteiger partial charge in [-0.05, 0) is 48.2 Å². The van der Waals surface area contributed by atoms with E-state index in [4.69, 9.17) is 10.5 Å². The summed E-state index contributed by atoms with van der Waals surface area (Å²) in [5.74, 6) is -0.474. The smallest absolute Gasteiger partial charge is 0.240 e. The van der Waals surface area contributed by atoms with Gasteiger partial charge in [-0.15, -0.1) is 0 Å². The molecule has 0 unspecified atom stereocenters. The van der Waals surface area contributed by atoms with Crippen LogP contribution in [0, 0.1) is 22.7 Å². The van der Waals surface area contributed by atoms with Crippen molar-refractivity contribution in [1.29, 1.82) is 10.5 Å². The van der Waals surface area contributed by atoms with E-state index in [0.29, 0.717) is 24.0 Å². The van der Waals surface area contributed by atoms with Crippen molar-refractivity contribution in [1.82, 2.24) is 10.9 Å². The Morgan fingerprint density at radius 2 is 1.10 bits per heavy atom. The molecule has 0 radical (unpaired) electrons. The molecule has 2 amide bonds. The van der Waals surface area contributed by atoms with Gasteiger partial charge >= 0.3 is 0 Å². The largest absolute Gasteiger partial charge is 0.273 e. The summed E-state index contributed by atoms with van der Waals surface area (Å²) in [4.78, 5) is 23.5. The van der Waals surface area contributed by atoms with Gasteiger partial charge in [-0.3, -0.25) is 9.59 Å². The molecule has 0 heterocycles. The molecular formula is C22H20N6O2. The second-order valence-electron chi connectivity index (χ2n) is 6.26. The molecule has 0 saturated carbocycles. The van der Waals surface area contributed by atoms with E-state index in [2.05, 4.69) is 21.1 Å². The Balaban J connectivity index is 1.59. The van der Waals surface area contributed by atoms with Crippen molar-refractivity contribution < 1.29 is 9.59 Å². The van der Waals surface area contributed by atoms with Crippen molar-refractivity contribution in [3.05, 3.63) is 70.8 Å². The van der Waals surface area contributed by atoms with Crippen molar-refractivity contribution >= 4 is 24.2 Å². The van der Waals surface area contributed by atoms with Crippen LogP contribution in [0.1, 0.15) is 47.9 Å². The van der Waals surface area contributed by atoms with Crippen molar-refractivity contribution in [2.45, 2.75) is 25.7 Å². The molecule has 0 aliphatic rings. The van der Waals surface area contributed by atoms with Crippen LogP contribution in [0.25, 0.3) is 0 Å². The number of rotatable bonds is 9. The number of amides is 2. The van der Waals surface area contributed by atoms with Crippen molar-refractivity contribution in [3.8, 4) is 12.1 Å². The molecule has 2 aromatic rings. The number of carbonyl (C=O) groups is 2. The van der Waals surface area contributed by atoms with Gasteiger partial charge < -0.3 is 0 Å². The van der Waals surface area contributed by atoms with Gasteiger partial charge in [0, 0.05) is 12.8 Å². The number of hydrazone groups is 2. The summed E-state index contributed by atoms with van der Waals surface area (Å²) in [7, 11) is 0. The first kappa shape index (κ1) is 22.0. The van der Waals surface area contributed by atoms with E-state index in [0.717, 1.165) is 11.1 Å². The first-order valence-electron chi connectivity index (χ1n) is 9.25. The van der Waals surface area contributed by atoms with Gasteiger partial charge in [-0.2, -0.15) is 20.7 Å². The molecule has 0 aromatic heterocycles. The molecule has 30 heavy (non-hydrogen) atoms. The maximum atomic E-state index is 11.7. The van der Waals surface area contributed by atoms with Gasteiger partial charge in [0.25, 0.3) is 0 Å². The molecule has 0 saturated heterocycles. The average molecular weight is 400 g/mol. The van der Waals surface area contributed by atoms with Crippen LogP contribution in [0.5, 0.6) is 0 Å². The lowest BCUT2D eigenvalue weighted by molar-refractivity contribution is -0.123. The molecule has 150 valence electrons. The first-order chi connectivity index (χ1) is 14.6. The van der Waals surface area contributed by atoms with E-state index in [-0.39, 0.29) is 24.7 Å². The number of unbranched alkanes of at least 4 members (excludes halogenated alkanes) is 1. The summed E-state index contributed by atoms with van der Waals surface area (Å²) in [6.07, 6.45) is 4.60. The van der Waals surface area contributed by atoms with Gasteiger partial charge in [0.15, 0.2) is 0 Å². The third kappa shape index (κ3) is 8.15. The summed E-state index contributed by atoms with van der Waals surface area (Å²) < 4.78 is 0. The maximum Gasteiger partial charge on any atom is 0.240 e. The fraction of sp³-hybridized carbons (Fsp3) is 0.182. The Kier molecular flexibility index (Phi) is 8.96. The standard InChI is InChI=1S/C22H20N6O2/c23-13-17-5-9-19(10-6-17)15-25-27-21(29)3-1-2-4-22(30)28-26-16-20-11-7-18(14-24)8-12-20/h5-12,15-16H,1-4H2,(H,27,29)(H,28,30). The summed E-state index contributed by atoms with van der Waals surface area (Å²) in [6.45, 7) is 0. The maximum absolute atomic E-state index is 11.7. The summed E-state index contributed by atoms with van der Waals surface area (Å²) in [5.41, 5.74) is 7.51. The van der Waals surface area contributed by atoms with Gasteiger partial charge in [0.05, 0.1) is 35.7 Å².